The van der Waals surface area contributed by atoms with Gasteiger partial charge in [0.1, 0.15) is 0 Å². The fourth-order valence-corrected chi connectivity index (χ4v) is 2.89. The molecule has 0 saturated carbocycles. The van der Waals surface area contributed by atoms with Crippen LogP contribution in [0.25, 0.3) is 0 Å². The van der Waals surface area contributed by atoms with Crippen LogP contribution in [0, 0.1) is 6.92 Å². The van der Waals surface area contributed by atoms with Crippen molar-refractivity contribution in [1.29, 1.82) is 0 Å². The molecular weight excluding hydrogens is 354 g/mol. The highest BCUT2D eigenvalue weighted by Crippen LogP contribution is 2.31. The fourth-order valence-electron chi connectivity index (χ4n) is 2.89. The Balaban J connectivity index is 2.05. The van der Waals surface area contributed by atoms with Crippen molar-refractivity contribution in [2.24, 2.45) is 0 Å². The second kappa shape index (κ2) is 9.46. The first-order chi connectivity index (χ1) is 13.3. The summed E-state index contributed by atoms with van der Waals surface area (Å²) in [5.41, 5.74) is 4.07. The first-order valence-electron chi connectivity index (χ1n) is 9.26. The minimum atomic E-state index is -0.291. The van der Waals surface area contributed by atoms with Gasteiger partial charge in [-0.15, -0.1) is 0 Å². The number of nitrogens with zero attached hydrogens (tertiary/aromatic N) is 2. The summed E-state index contributed by atoms with van der Waals surface area (Å²) in [6.45, 7) is 4.56. The van der Waals surface area contributed by atoms with E-state index >= 15 is 0 Å². The molecule has 0 spiro atoms. The van der Waals surface area contributed by atoms with Crippen molar-refractivity contribution in [1.82, 2.24) is 4.90 Å². The van der Waals surface area contributed by atoms with E-state index in [-0.39, 0.29) is 11.9 Å². The number of nitrogens with one attached hydrogen (secondary N) is 1. The number of carbonyl (C=O) groups is 1. The predicted molar refractivity (Wildman–Crippen MR) is 115 cm³/mol. The second-order valence-corrected chi connectivity index (χ2v) is 7.16. The number of hydrogen-bond acceptors (Lipinski definition) is 5. The van der Waals surface area contributed by atoms with Gasteiger partial charge in [-0.05, 0) is 68.4 Å². The van der Waals surface area contributed by atoms with Crippen LogP contribution >= 0.6 is 0 Å². The number of rotatable bonds is 8. The van der Waals surface area contributed by atoms with E-state index in [1.165, 1.54) is 0 Å². The van der Waals surface area contributed by atoms with Crippen LogP contribution in [0.5, 0.6) is 11.5 Å². The van der Waals surface area contributed by atoms with Crippen molar-refractivity contribution in [2.75, 3.05) is 45.6 Å². The van der Waals surface area contributed by atoms with Crippen molar-refractivity contribution < 1.29 is 14.3 Å². The normalized spacial score (nSPS) is 11.9. The van der Waals surface area contributed by atoms with Crippen molar-refractivity contribution >= 4 is 17.3 Å². The summed E-state index contributed by atoms with van der Waals surface area (Å²) < 4.78 is 10.7. The summed E-state index contributed by atoms with van der Waals surface area (Å²) in [5, 5.41) is 2.99. The molecule has 0 fully saturated rings. The van der Waals surface area contributed by atoms with Crippen LogP contribution in [0.2, 0.25) is 0 Å². The van der Waals surface area contributed by atoms with E-state index < -0.39 is 0 Å². The topological polar surface area (TPSA) is 54.0 Å². The summed E-state index contributed by atoms with van der Waals surface area (Å²) in [7, 11) is 9.16. The lowest BCUT2D eigenvalue weighted by atomic mass is 10.1. The summed E-state index contributed by atoms with van der Waals surface area (Å²) >= 11 is 0. The Labute approximate surface area is 168 Å². The van der Waals surface area contributed by atoms with Crippen LogP contribution in [0.3, 0.4) is 0 Å². The van der Waals surface area contributed by atoms with Crippen molar-refractivity contribution in [2.45, 2.75) is 26.4 Å². The molecule has 6 heteroatoms. The Kier molecular flexibility index (Phi) is 7.29. The summed E-state index contributed by atoms with van der Waals surface area (Å²) in [6.07, 6.45) is 0. The molecule has 0 aliphatic heterocycles. The van der Waals surface area contributed by atoms with E-state index in [4.69, 9.17) is 9.47 Å². The molecule has 0 unspecified atom stereocenters. The van der Waals surface area contributed by atoms with Gasteiger partial charge in [0.25, 0.3) is 0 Å². The highest BCUT2D eigenvalue weighted by Gasteiger charge is 2.20. The van der Waals surface area contributed by atoms with Crippen LogP contribution in [0.4, 0.5) is 11.4 Å². The lowest BCUT2D eigenvalue weighted by molar-refractivity contribution is -0.120. The number of hydrogen-bond donors (Lipinski definition) is 1. The van der Waals surface area contributed by atoms with Crippen LogP contribution in [-0.2, 0) is 11.3 Å². The molecule has 152 valence electrons. The van der Waals surface area contributed by atoms with Crippen molar-refractivity contribution in [3.8, 4) is 11.5 Å². The molecular formula is C22H31N3O3. The number of amides is 1. The zero-order valence-electron chi connectivity index (χ0n) is 17.9. The van der Waals surface area contributed by atoms with Crippen molar-refractivity contribution in [3.63, 3.8) is 0 Å². The minimum Gasteiger partial charge on any atom is -0.493 e. The van der Waals surface area contributed by atoms with E-state index in [2.05, 4.69) is 5.32 Å². The molecule has 0 aliphatic carbocycles. The maximum atomic E-state index is 12.7. The molecule has 28 heavy (non-hydrogen) atoms. The van der Waals surface area contributed by atoms with E-state index in [0.29, 0.717) is 18.0 Å². The van der Waals surface area contributed by atoms with Crippen LogP contribution < -0.4 is 19.7 Å². The molecule has 0 radical (unpaired) electrons. The molecule has 6 nitrogen and oxygen atoms in total. The first-order valence-corrected chi connectivity index (χ1v) is 9.26. The van der Waals surface area contributed by atoms with Gasteiger partial charge >= 0.3 is 0 Å². The summed E-state index contributed by atoms with van der Waals surface area (Å²) in [5.74, 6) is 1.35. The van der Waals surface area contributed by atoms with E-state index in [1.807, 2.05) is 81.2 Å². The van der Waals surface area contributed by atoms with Gasteiger partial charge in [-0.25, -0.2) is 0 Å². The molecule has 2 rings (SSSR count). The van der Waals surface area contributed by atoms with Crippen LogP contribution in [0.15, 0.2) is 36.4 Å². The third-order valence-electron chi connectivity index (χ3n) is 4.95. The number of methoxy groups -OCH3 is 2. The Morgan fingerprint density at radius 1 is 1.04 bits per heavy atom. The highest BCUT2D eigenvalue weighted by molar-refractivity contribution is 5.94. The molecule has 1 amide bonds. The van der Waals surface area contributed by atoms with Gasteiger partial charge in [0.2, 0.25) is 5.91 Å². The van der Waals surface area contributed by atoms with Crippen LogP contribution in [-0.4, -0.2) is 52.2 Å². The monoisotopic (exact) mass is 385 g/mol. The average Bonchev–Trinajstić information content (AvgIpc) is 2.68. The Bertz CT molecular complexity index is 803. The Morgan fingerprint density at radius 3 is 2.14 bits per heavy atom. The molecule has 0 aliphatic rings. The van der Waals surface area contributed by atoms with E-state index in [1.54, 1.807) is 14.2 Å². The molecule has 0 saturated heterocycles. The van der Waals surface area contributed by atoms with Crippen molar-refractivity contribution in [3.05, 3.63) is 47.5 Å². The third-order valence-corrected chi connectivity index (χ3v) is 4.95. The molecule has 0 aromatic heterocycles. The van der Waals surface area contributed by atoms with Gasteiger partial charge in [0, 0.05) is 32.0 Å². The summed E-state index contributed by atoms with van der Waals surface area (Å²) in [6, 6.07) is 11.4. The number of benzene rings is 2. The Hall–Kier alpha value is -2.73. The third kappa shape index (κ3) is 5.16. The van der Waals surface area contributed by atoms with Crippen LogP contribution in [0.1, 0.15) is 18.1 Å². The van der Waals surface area contributed by atoms with E-state index in [0.717, 1.165) is 22.5 Å². The SMILES string of the molecule is COc1cc(C)c(CN(C)[C@@H](C)C(=O)Nc2ccc(N(C)C)cc2)cc1OC. The standard InChI is InChI=1S/C22H31N3O3/c1-15-12-20(27-6)21(28-7)13-17(15)14-25(5)16(2)22(26)23-18-8-10-19(11-9-18)24(3)4/h8-13,16H,14H2,1-7H3,(H,23,26)/t16-/m0/s1. The Morgan fingerprint density at radius 2 is 1.61 bits per heavy atom. The molecule has 2 aromatic rings. The van der Waals surface area contributed by atoms with Gasteiger partial charge < -0.3 is 19.7 Å². The van der Waals surface area contributed by atoms with Gasteiger partial charge in [-0.1, -0.05) is 0 Å². The molecule has 2 aromatic carbocycles. The number of aryl methyl sites for hydroxylation is 1. The second-order valence-electron chi connectivity index (χ2n) is 7.16. The smallest absolute Gasteiger partial charge is 0.241 e. The number of carbonyl (C=O) groups excluding carboxylic acids is 1. The maximum absolute atomic E-state index is 12.7. The maximum Gasteiger partial charge on any atom is 0.241 e. The average molecular weight is 386 g/mol. The lowest BCUT2D eigenvalue weighted by Crippen LogP contribution is -2.39. The zero-order chi connectivity index (χ0) is 20.8. The number of anilines is 2. The largest absolute Gasteiger partial charge is 0.493 e. The van der Waals surface area contributed by atoms with Gasteiger partial charge in [-0.2, -0.15) is 0 Å². The zero-order valence-corrected chi connectivity index (χ0v) is 17.9. The van der Waals surface area contributed by atoms with Gasteiger partial charge in [0.05, 0.1) is 20.3 Å². The van der Waals surface area contributed by atoms with E-state index in [9.17, 15) is 4.79 Å². The molecule has 0 heterocycles. The quantitative estimate of drug-likeness (QED) is 0.753. The molecule has 0 bridgehead atoms. The lowest BCUT2D eigenvalue weighted by Gasteiger charge is -2.25. The van der Waals surface area contributed by atoms with Gasteiger partial charge in [0.15, 0.2) is 11.5 Å². The number of ether oxygens (including phenoxy) is 2. The fraction of sp³-hybridized carbons (Fsp3) is 0.409. The first kappa shape index (κ1) is 21.6. The minimum absolute atomic E-state index is 0.0433. The predicted octanol–water partition coefficient (Wildman–Crippen LogP) is 3.54. The number of likely N-dealkylation sites (N-methyl/N-ethyl adjacent to an activating group) is 1. The highest BCUT2D eigenvalue weighted by atomic mass is 16.5. The summed E-state index contributed by atoms with van der Waals surface area (Å²) in [4.78, 5) is 16.7. The molecule has 1 atom stereocenters. The van der Waals surface area contributed by atoms with Gasteiger partial charge in [-0.3, -0.25) is 9.69 Å². The molecule has 1 N–H and O–H groups in total.